The van der Waals surface area contributed by atoms with Gasteiger partial charge in [-0.1, -0.05) is 23.7 Å². The van der Waals surface area contributed by atoms with Crippen molar-refractivity contribution in [3.05, 3.63) is 51.6 Å². The molecule has 0 saturated carbocycles. The molecule has 0 spiro atoms. The number of alkyl halides is 3. The van der Waals surface area contributed by atoms with E-state index in [-0.39, 0.29) is 5.15 Å². The number of aromatic nitrogens is 4. The second kappa shape index (κ2) is 5.51. The summed E-state index contributed by atoms with van der Waals surface area (Å²) in [5, 5.41) is 0.219. The van der Waals surface area contributed by atoms with E-state index in [2.05, 4.69) is 30.9 Å². The van der Waals surface area contributed by atoms with Gasteiger partial charge in [0, 0.05) is 0 Å². The van der Waals surface area contributed by atoms with Gasteiger partial charge in [-0.25, -0.2) is 15.0 Å². The van der Waals surface area contributed by atoms with Crippen LogP contribution in [0, 0.1) is 0 Å². The van der Waals surface area contributed by atoms with Crippen molar-refractivity contribution >= 4 is 38.7 Å². The molecular weight excluding hydrogens is 385 g/mol. The van der Waals surface area contributed by atoms with Crippen LogP contribution in [-0.4, -0.2) is 19.5 Å². The lowest BCUT2D eigenvalue weighted by molar-refractivity contribution is -0.137. The maximum absolute atomic E-state index is 12.6. The molecule has 114 valence electrons. The number of rotatable bonds is 2. The van der Waals surface area contributed by atoms with Crippen LogP contribution in [-0.2, 0) is 12.7 Å². The van der Waals surface area contributed by atoms with E-state index in [0.717, 1.165) is 12.1 Å². The van der Waals surface area contributed by atoms with Crippen molar-refractivity contribution < 1.29 is 13.2 Å². The Morgan fingerprint density at radius 1 is 1.14 bits per heavy atom. The van der Waals surface area contributed by atoms with Crippen molar-refractivity contribution in [2.75, 3.05) is 0 Å². The van der Waals surface area contributed by atoms with Gasteiger partial charge in [0.1, 0.15) is 11.8 Å². The minimum Gasteiger partial charge on any atom is -0.299 e. The highest BCUT2D eigenvalue weighted by molar-refractivity contribution is 9.10. The van der Waals surface area contributed by atoms with Crippen LogP contribution < -0.4 is 0 Å². The number of imidazole rings is 1. The molecule has 0 N–H and O–H groups in total. The quantitative estimate of drug-likeness (QED) is 0.483. The molecule has 0 radical (unpaired) electrons. The normalized spacial score (nSPS) is 12.0. The van der Waals surface area contributed by atoms with Crippen molar-refractivity contribution in [2.24, 2.45) is 0 Å². The molecule has 0 fully saturated rings. The van der Waals surface area contributed by atoms with Crippen LogP contribution in [0.2, 0.25) is 5.15 Å². The lowest BCUT2D eigenvalue weighted by Gasteiger charge is -2.09. The van der Waals surface area contributed by atoms with Crippen LogP contribution in [0.25, 0.3) is 11.2 Å². The predicted molar refractivity (Wildman–Crippen MR) is 78.6 cm³/mol. The van der Waals surface area contributed by atoms with Crippen molar-refractivity contribution in [1.29, 1.82) is 0 Å². The number of hydrogen-bond acceptors (Lipinski definition) is 3. The van der Waals surface area contributed by atoms with E-state index in [1.807, 2.05) is 0 Å². The van der Waals surface area contributed by atoms with Crippen molar-refractivity contribution in [3.8, 4) is 0 Å². The standard InChI is InChI=1S/C13H7BrClF3N4/c14-12-21-9-10(15)19-6-20-11(9)22(12)5-7-1-3-8(4-2-7)13(16,17)18/h1-4,6H,5H2. The average Bonchev–Trinajstić information content (AvgIpc) is 2.77. The van der Waals surface area contributed by atoms with Gasteiger partial charge >= 0.3 is 6.18 Å². The average molecular weight is 392 g/mol. The Labute approximate surface area is 136 Å². The highest BCUT2D eigenvalue weighted by atomic mass is 79.9. The molecule has 9 heteroatoms. The first-order valence-electron chi connectivity index (χ1n) is 6.04. The van der Waals surface area contributed by atoms with Crippen LogP contribution >= 0.6 is 27.5 Å². The Morgan fingerprint density at radius 3 is 2.45 bits per heavy atom. The predicted octanol–water partition coefficient (Wildman–Crippen LogP) is 4.31. The van der Waals surface area contributed by atoms with Crippen molar-refractivity contribution in [1.82, 2.24) is 19.5 Å². The van der Waals surface area contributed by atoms with Gasteiger partial charge in [-0.2, -0.15) is 13.2 Å². The summed E-state index contributed by atoms with van der Waals surface area (Å²) in [7, 11) is 0. The van der Waals surface area contributed by atoms with Crippen molar-refractivity contribution in [2.45, 2.75) is 12.7 Å². The van der Waals surface area contributed by atoms with Crippen LogP contribution in [0.4, 0.5) is 13.2 Å². The number of halogens is 5. The first-order chi connectivity index (χ1) is 10.4. The Hall–Kier alpha value is -1.67. The third-order valence-corrected chi connectivity index (χ3v) is 3.94. The summed E-state index contributed by atoms with van der Waals surface area (Å²) in [5.74, 6) is 0. The zero-order valence-corrected chi connectivity index (χ0v) is 13.1. The van der Waals surface area contributed by atoms with Crippen LogP contribution in [0.3, 0.4) is 0 Å². The largest absolute Gasteiger partial charge is 0.416 e. The molecule has 2 heterocycles. The monoisotopic (exact) mass is 390 g/mol. The molecule has 3 rings (SSSR count). The Kier molecular flexibility index (Phi) is 3.82. The van der Waals surface area contributed by atoms with Crippen LogP contribution in [0.1, 0.15) is 11.1 Å². The fraction of sp³-hybridized carbons (Fsp3) is 0.154. The lowest BCUT2D eigenvalue weighted by atomic mass is 10.1. The van der Waals surface area contributed by atoms with Crippen LogP contribution in [0.15, 0.2) is 35.3 Å². The van der Waals surface area contributed by atoms with E-state index >= 15 is 0 Å². The summed E-state index contributed by atoms with van der Waals surface area (Å²) in [6, 6.07) is 4.93. The number of nitrogens with zero attached hydrogens (tertiary/aromatic N) is 4. The molecule has 0 aliphatic rings. The van der Waals surface area contributed by atoms with Gasteiger partial charge in [0.25, 0.3) is 0 Å². The fourth-order valence-corrected chi connectivity index (χ4v) is 2.65. The zero-order valence-electron chi connectivity index (χ0n) is 10.8. The molecule has 4 nitrogen and oxygen atoms in total. The molecule has 0 bridgehead atoms. The van der Waals surface area contributed by atoms with Gasteiger partial charge in [0.15, 0.2) is 15.5 Å². The molecule has 22 heavy (non-hydrogen) atoms. The van der Waals surface area contributed by atoms with Gasteiger partial charge in [0.05, 0.1) is 12.1 Å². The second-order valence-corrected chi connectivity index (χ2v) is 5.57. The van der Waals surface area contributed by atoms with Gasteiger partial charge in [-0.15, -0.1) is 0 Å². The smallest absolute Gasteiger partial charge is 0.299 e. The van der Waals surface area contributed by atoms with Gasteiger partial charge in [-0.3, -0.25) is 4.57 Å². The topological polar surface area (TPSA) is 43.6 Å². The Bertz CT molecular complexity index is 830. The molecular formula is C13H7BrClF3N4. The summed E-state index contributed by atoms with van der Waals surface area (Å²) in [6.45, 7) is 0.308. The molecule has 3 aromatic rings. The minimum atomic E-state index is -4.35. The first kappa shape index (κ1) is 15.2. The molecule has 2 aromatic heterocycles. The summed E-state index contributed by atoms with van der Waals surface area (Å²) in [6.07, 6.45) is -3.04. The molecule has 1 aromatic carbocycles. The molecule has 0 unspecified atom stereocenters. The maximum atomic E-state index is 12.6. The third-order valence-electron chi connectivity index (χ3n) is 3.06. The van der Waals surface area contributed by atoms with E-state index in [0.29, 0.717) is 28.0 Å². The van der Waals surface area contributed by atoms with Gasteiger partial charge in [-0.05, 0) is 33.6 Å². The van der Waals surface area contributed by atoms with Gasteiger partial charge < -0.3 is 0 Å². The number of fused-ring (bicyclic) bond motifs is 1. The second-order valence-electron chi connectivity index (χ2n) is 4.50. The highest BCUT2D eigenvalue weighted by Crippen LogP contribution is 2.29. The summed E-state index contributed by atoms with van der Waals surface area (Å²) < 4.78 is 39.9. The summed E-state index contributed by atoms with van der Waals surface area (Å²) in [5.41, 5.74) is 0.939. The number of benzene rings is 1. The van der Waals surface area contributed by atoms with E-state index in [1.54, 1.807) is 4.57 Å². The van der Waals surface area contributed by atoms with E-state index in [4.69, 9.17) is 11.6 Å². The maximum Gasteiger partial charge on any atom is 0.416 e. The number of hydrogen-bond donors (Lipinski definition) is 0. The summed E-state index contributed by atoms with van der Waals surface area (Å²) >= 11 is 9.24. The first-order valence-corrected chi connectivity index (χ1v) is 7.22. The highest BCUT2D eigenvalue weighted by Gasteiger charge is 2.29. The SMILES string of the molecule is FC(F)(F)c1ccc(Cn2c(Br)nc3c(Cl)ncnc32)cc1. The third kappa shape index (κ3) is 2.80. The molecule has 0 aliphatic carbocycles. The Morgan fingerprint density at radius 2 is 1.82 bits per heavy atom. The van der Waals surface area contributed by atoms with E-state index in [9.17, 15) is 13.2 Å². The van der Waals surface area contributed by atoms with Crippen LogP contribution in [0.5, 0.6) is 0 Å². The minimum absolute atomic E-state index is 0.219. The fourth-order valence-electron chi connectivity index (χ4n) is 2.00. The van der Waals surface area contributed by atoms with Gasteiger partial charge in [0.2, 0.25) is 0 Å². The van der Waals surface area contributed by atoms with Crippen molar-refractivity contribution in [3.63, 3.8) is 0 Å². The molecule has 0 saturated heterocycles. The zero-order chi connectivity index (χ0) is 15.9. The van der Waals surface area contributed by atoms with E-state index < -0.39 is 11.7 Å². The lowest BCUT2D eigenvalue weighted by Crippen LogP contribution is -2.06. The molecule has 0 atom stereocenters. The van der Waals surface area contributed by atoms with E-state index in [1.165, 1.54) is 18.5 Å². The summed E-state index contributed by atoms with van der Waals surface area (Å²) in [4.78, 5) is 12.2. The molecule has 0 amide bonds. The molecule has 0 aliphatic heterocycles. The Balaban J connectivity index is 1.97.